The van der Waals surface area contributed by atoms with Crippen molar-refractivity contribution in [1.29, 1.82) is 0 Å². The maximum Gasteiger partial charge on any atom is 0.171 e. The molecule has 1 atom stereocenters. The van der Waals surface area contributed by atoms with Crippen LogP contribution in [0, 0.1) is 13.8 Å². The highest BCUT2D eigenvalue weighted by Gasteiger charge is 2.23. The lowest BCUT2D eigenvalue weighted by Crippen LogP contribution is -2.35. The van der Waals surface area contributed by atoms with Gasteiger partial charge in [-0.15, -0.1) is 0 Å². The van der Waals surface area contributed by atoms with Gasteiger partial charge in [-0.05, 0) is 33.1 Å². The summed E-state index contributed by atoms with van der Waals surface area (Å²) in [6.45, 7) is 7.25. The third kappa shape index (κ3) is 2.77. The van der Waals surface area contributed by atoms with E-state index in [2.05, 4.69) is 21.8 Å². The Bertz CT molecular complexity index is 420. The first-order chi connectivity index (χ1) is 8.63. The summed E-state index contributed by atoms with van der Waals surface area (Å²) in [5.74, 6) is 0.883. The first-order valence-electron chi connectivity index (χ1n) is 6.91. The van der Waals surface area contributed by atoms with E-state index in [-0.39, 0.29) is 0 Å². The molecule has 2 heterocycles. The lowest BCUT2D eigenvalue weighted by molar-refractivity contribution is 0.551. The molecule has 1 fully saturated rings. The molecular weight excluding hydrogens is 246 g/mol. The molecule has 1 aromatic rings. The third-order valence-electron chi connectivity index (χ3n) is 3.87. The van der Waals surface area contributed by atoms with Gasteiger partial charge in [0.1, 0.15) is 0 Å². The summed E-state index contributed by atoms with van der Waals surface area (Å²) in [4.78, 5) is 11.4. The predicted molar refractivity (Wildman–Crippen MR) is 76.4 cm³/mol. The van der Waals surface area contributed by atoms with Gasteiger partial charge >= 0.3 is 0 Å². The summed E-state index contributed by atoms with van der Waals surface area (Å²) in [6.07, 6.45) is 6.22. The van der Waals surface area contributed by atoms with Crippen LogP contribution in [0.25, 0.3) is 0 Å². The van der Waals surface area contributed by atoms with Crippen LogP contribution in [0.15, 0.2) is 0 Å². The summed E-state index contributed by atoms with van der Waals surface area (Å²) in [7, 11) is 0. The van der Waals surface area contributed by atoms with Gasteiger partial charge in [0.15, 0.2) is 11.0 Å². The number of aryl methyl sites for hydroxylation is 2. The average Bonchev–Trinajstić information content (AvgIpc) is 2.58. The van der Waals surface area contributed by atoms with Crippen LogP contribution in [-0.2, 0) is 0 Å². The Kier molecular flexibility index (Phi) is 4.44. The van der Waals surface area contributed by atoms with Crippen molar-refractivity contribution in [2.24, 2.45) is 0 Å². The number of nitrogens with zero attached hydrogens (tertiary/aromatic N) is 3. The molecule has 3 nitrogen and oxygen atoms in total. The van der Waals surface area contributed by atoms with E-state index in [1.807, 2.05) is 13.8 Å². The smallest absolute Gasteiger partial charge is 0.171 e. The zero-order chi connectivity index (χ0) is 13.1. The molecule has 100 valence electrons. The van der Waals surface area contributed by atoms with Crippen molar-refractivity contribution in [3.63, 3.8) is 0 Å². The van der Waals surface area contributed by atoms with E-state index in [1.54, 1.807) is 0 Å². The molecule has 0 N–H and O–H groups in total. The number of rotatable bonds is 2. The fourth-order valence-electron chi connectivity index (χ4n) is 2.63. The van der Waals surface area contributed by atoms with E-state index in [0.717, 1.165) is 30.2 Å². The van der Waals surface area contributed by atoms with E-state index in [0.29, 0.717) is 11.2 Å². The molecule has 18 heavy (non-hydrogen) atoms. The summed E-state index contributed by atoms with van der Waals surface area (Å²) in [6, 6.07) is 0.557. The maximum atomic E-state index is 6.30. The number of halogens is 1. The molecule has 0 aromatic carbocycles. The van der Waals surface area contributed by atoms with Gasteiger partial charge in [0.05, 0.1) is 11.4 Å². The molecular formula is C14H22ClN3. The maximum absolute atomic E-state index is 6.30. The zero-order valence-electron chi connectivity index (χ0n) is 11.5. The minimum atomic E-state index is 0.554. The van der Waals surface area contributed by atoms with E-state index >= 15 is 0 Å². The Labute approximate surface area is 115 Å². The molecule has 0 saturated carbocycles. The van der Waals surface area contributed by atoms with Crippen LogP contribution >= 0.6 is 11.6 Å². The Morgan fingerprint density at radius 1 is 1.17 bits per heavy atom. The fourth-order valence-corrected chi connectivity index (χ4v) is 2.90. The first kappa shape index (κ1) is 13.6. The summed E-state index contributed by atoms with van der Waals surface area (Å²) in [5, 5.41) is 0.554. The highest BCUT2D eigenvalue weighted by molar-refractivity contribution is 6.31. The van der Waals surface area contributed by atoms with Gasteiger partial charge in [0.25, 0.3) is 0 Å². The van der Waals surface area contributed by atoms with Crippen LogP contribution in [0.4, 0.5) is 5.82 Å². The van der Waals surface area contributed by atoms with Crippen LogP contribution in [0.5, 0.6) is 0 Å². The van der Waals surface area contributed by atoms with Crippen molar-refractivity contribution in [3.8, 4) is 0 Å². The Morgan fingerprint density at radius 3 is 2.61 bits per heavy atom. The SMILES string of the molecule is CCC1CCCCCN1c1nc(C)c(C)nc1Cl. The summed E-state index contributed by atoms with van der Waals surface area (Å²) < 4.78 is 0. The van der Waals surface area contributed by atoms with Crippen LogP contribution in [0.2, 0.25) is 5.15 Å². The van der Waals surface area contributed by atoms with E-state index in [1.165, 1.54) is 25.7 Å². The van der Waals surface area contributed by atoms with Gasteiger partial charge < -0.3 is 4.90 Å². The third-order valence-corrected chi connectivity index (χ3v) is 4.12. The Hall–Kier alpha value is -0.830. The Balaban J connectivity index is 2.35. The fraction of sp³-hybridized carbons (Fsp3) is 0.714. The monoisotopic (exact) mass is 267 g/mol. The van der Waals surface area contributed by atoms with Crippen LogP contribution < -0.4 is 4.90 Å². The minimum Gasteiger partial charge on any atom is -0.351 e. The predicted octanol–water partition coefficient (Wildman–Crippen LogP) is 3.91. The molecule has 1 aliphatic rings. The van der Waals surface area contributed by atoms with Crippen molar-refractivity contribution in [1.82, 2.24) is 9.97 Å². The molecule has 2 rings (SSSR count). The van der Waals surface area contributed by atoms with Gasteiger partial charge in [-0.2, -0.15) is 0 Å². The van der Waals surface area contributed by atoms with Gasteiger partial charge in [-0.1, -0.05) is 31.4 Å². The number of hydrogen-bond acceptors (Lipinski definition) is 3. The zero-order valence-corrected chi connectivity index (χ0v) is 12.3. The van der Waals surface area contributed by atoms with Crippen molar-refractivity contribution < 1.29 is 0 Å². The molecule has 0 aliphatic carbocycles. The highest BCUT2D eigenvalue weighted by Crippen LogP contribution is 2.29. The molecule has 1 unspecified atom stereocenters. The standard InChI is InChI=1S/C14H22ClN3/c1-4-12-8-6-5-7-9-18(12)14-13(15)16-10(2)11(3)17-14/h12H,4-9H2,1-3H3. The summed E-state index contributed by atoms with van der Waals surface area (Å²) >= 11 is 6.30. The molecule has 0 spiro atoms. The summed E-state index contributed by atoms with van der Waals surface area (Å²) in [5.41, 5.74) is 1.90. The van der Waals surface area contributed by atoms with Crippen LogP contribution in [-0.4, -0.2) is 22.6 Å². The highest BCUT2D eigenvalue weighted by atomic mass is 35.5. The second kappa shape index (κ2) is 5.87. The second-order valence-electron chi connectivity index (χ2n) is 5.11. The first-order valence-corrected chi connectivity index (χ1v) is 7.28. The topological polar surface area (TPSA) is 29.0 Å². The van der Waals surface area contributed by atoms with E-state index < -0.39 is 0 Å². The van der Waals surface area contributed by atoms with Crippen molar-refractivity contribution in [2.45, 2.75) is 58.9 Å². The quantitative estimate of drug-likeness (QED) is 0.814. The second-order valence-corrected chi connectivity index (χ2v) is 5.47. The molecule has 1 saturated heterocycles. The number of aromatic nitrogens is 2. The molecule has 4 heteroatoms. The lowest BCUT2D eigenvalue weighted by Gasteiger charge is -2.31. The molecule has 0 amide bonds. The van der Waals surface area contributed by atoms with Gasteiger partial charge in [0, 0.05) is 12.6 Å². The van der Waals surface area contributed by atoms with Gasteiger partial charge in [-0.25, -0.2) is 9.97 Å². The van der Waals surface area contributed by atoms with E-state index in [4.69, 9.17) is 11.6 Å². The van der Waals surface area contributed by atoms with Crippen molar-refractivity contribution in [2.75, 3.05) is 11.4 Å². The van der Waals surface area contributed by atoms with Crippen LogP contribution in [0.1, 0.15) is 50.4 Å². The molecule has 1 aromatic heterocycles. The molecule has 0 radical (unpaired) electrons. The minimum absolute atomic E-state index is 0.554. The van der Waals surface area contributed by atoms with Crippen LogP contribution in [0.3, 0.4) is 0 Å². The van der Waals surface area contributed by atoms with Gasteiger partial charge in [0.2, 0.25) is 0 Å². The largest absolute Gasteiger partial charge is 0.351 e. The molecule has 0 bridgehead atoms. The molecule has 1 aliphatic heterocycles. The number of anilines is 1. The van der Waals surface area contributed by atoms with Crippen molar-refractivity contribution >= 4 is 17.4 Å². The number of hydrogen-bond donors (Lipinski definition) is 0. The van der Waals surface area contributed by atoms with Crippen molar-refractivity contribution in [3.05, 3.63) is 16.5 Å². The van der Waals surface area contributed by atoms with Gasteiger partial charge in [-0.3, -0.25) is 0 Å². The lowest BCUT2D eigenvalue weighted by atomic mass is 10.1. The normalized spacial score (nSPS) is 20.9. The average molecular weight is 268 g/mol. The Morgan fingerprint density at radius 2 is 1.89 bits per heavy atom. The van der Waals surface area contributed by atoms with E-state index in [9.17, 15) is 0 Å².